The maximum atomic E-state index is 12.2. The van der Waals surface area contributed by atoms with Crippen LogP contribution in [0.25, 0.3) is 0 Å². The quantitative estimate of drug-likeness (QED) is 0.523. The molecule has 0 radical (unpaired) electrons. The zero-order valence-electron chi connectivity index (χ0n) is 8.25. The molecule has 0 aromatic carbocycles. The third-order valence-electron chi connectivity index (χ3n) is 2.00. The second kappa shape index (κ2) is 6.88. The van der Waals surface area contributed by atoms with E-state index < -0.39 is 46.0 Å². The number of rotatable bonds is 7. The first kappa shape index (κ1) is 16.3. The van der Waals surface area contributed by atoms with Crippen LogP contribution in [-0.4, -0.2) is 46.0 Å². The van der Waals surface area contributed by atoms with Gasteiger partial charge in [0.2, 0.25) is 0 Å². The maximum Gasteiger partial charge on any atom is 0.116 e. The van der Waals surface area contributed by atoms with Crippen molar-refractivity contribution >= 4 is 0 Å². The normalized spacial score (nSPS) is 18.2. The molecule has 104 valence electrons. The average Bonchev–Trinajstić information content (AvgIpc) is 2.14. The third-order valence-corrected chi connectivity index (χ3v) is 2.00. The highest BCUT2D eigenvalue weighted by Crippen LogP contribution is 2.22. The molecular weight excluding hydrogens is 268 g/mol. The van der Waals surface area contributed by atoms with Crippen LogP contribution in [0, 0.1) is 0 Å². The lowest BCUT2D eigenvalue weighted by Crippen LogP contribution is -2.53. The zero-order valence-corrected chi connectivity index (χ0v) is 8.25. The Hall–Kier alpha value is -0.720. The van der Waals surface area contributed by atoms with Gasteiger partial charge in [0.05, 0.1) is 12.6 Å². The Bertz CT molecular complexity index is 214. The summed E-state index contributed by atoms with van der Waals surface area (Å²) in [5, 5.41) is -7.45. The van der Waals surface area contributed by atoms with Gasteiger partial charge in [-0.15, -0.1) is 35.9 Å². The second-order valence-electron chi connectivity index (χ2n) is 3.06. The number of nitrogens with zero attached hydrogens (tertiary/aromatic N) is 4. The Morgan fingerprint density at radius 2 is 1.24 bits per heavy atom. The minimum absolute atomic E-state index is 0.494. The Morgan fingerprint density at radius 3 is 1.47 bits per heavy atom. The molecule has 3 unspecified atom stereocenters. The van der Waals surface area contributed by atoms with Gasteiger partial charge >= 0.3 is 0 Å². The monoisotopic (exact) mass is 276 g/mol. The molecule has 0 saturated carbocycles. The largest absolute Gasteiger partial charge is 0.116 e. The van der Waals surface area contributed by atoms with Gasteiger partial charge in [0.1, 0.15) is 12.1 Å². The third kappa shape index (κ3) is 4.97. The molecule has 0 rings (SSSR count). The van der Waals surface area contributed by atoms with Crippen molar-refractivity contribution in [3.63, 3.8) is 0 Å². The van der Waals surface area contributed by atoms with Crippen LogP contribution in [0.5, 0.6) is 0 Å². The fourth-order valence-corrected chi connectivity index (χ4v) is 1.16. The highest BCUT2D eigenvalue weighted by molar-refractivity contribution is 4.84. The van der Waals surface area contributed by atoms with Gasteiger partial charge in [-0.1, -0.05) is 0 Å². The number of hydrogen-bond acceptors (Lipinski definition) is 4. The predicted molar refractivity (Wildman–Crippen MR) is 38.1 cm³/mol. The second-order valence-corrected chi connectivity index (χ2v) is 3.06. The van der Waals surface area contributed by atoms with Crippen LogP contribution >= 0.6 is 0 Å². The molecule has 4 nitrogen and oxygen atoms in total. The summed E-state index contributed by atoms with van der Waals surface area (Å²) in [6.07, 6.45) is 0. The Labute approximate surface area is 90.0 Å². The number of halogens is 8. The summed E-state index contributed by atoms with van der Waals surface area (Å²) in [5.74, 6) is 0. The smallest absolute Gasteiger partial charge is 0.101 e. The van der Waals surface area contributed by atoms with E-state index in [0.29, 0.717) is 6.92 Å². The van der Waals surface area contributed by atoms with E-state index in [1.807, 2.05) is 0 Å². The zero-order chi connectivity index (χ0) is 13.7. The summed E-state index contributed by atoms with van der Waals surface area (Å²) in [5.41, 5.74) is 0. The van der Waals surface area contributed by atoms with E-state index in [1.54, 1.807) is 0 Å². The van der Waals surface area contributed by atoms with Gasteiger partial charge in [-0.3, -0.25) is 0 Å². The average molecular weight is 276 g/mol. The summed E-state index contributed by atoms with van der Waals surface area (Å²) >= 11 is 0. The van der Waals surface area contributed by atoms with Gasteiger partial charge in [-0.2, -0.15) is 0 Å². The first-order valence-corrected chi connectivity index (χ1v) is 4.10. The standard InChI is InChI=1S/C5H8F8N4/c1-3(15(8)9)5(17(12)13)4(16(10)11)2-14(6)7/h3-5H,2H2,1H3. The summed E-state index contributed by atoms with van der Waals surface area (Å²) < 4.78 is 96.2. The minimum Gasteiger partial charge on any atom is -0.101 e. The van der Waals surface area contributed by atoms with Crippen LogP contribution in [0.3, 0.4) is 0 Å². The molecule has 17 heavy (non-hydrogen) atoms. The van der Waals surface area contributed by atoms with Crippen LogP contribution in [0.4, 0.5) is 35.9 Å². The van der Waals surface area contributed by atoms with E-state index in [0.717, 1.165) is 0 Å². The van der Waals surface area contributed by atoms with E-state index in [-0.39, 0.29) is 0 Å². The summed E-state index contributed by atoms with van der Waals surface area (Å²) in [6, 6.07) is -7.96. The van der Waals surface area contributed by atoms with Crippen molar-refractivity contribution < 1.29 is 35.9 Å². The molecule has 0 aliphatic heterocycles. The van der Waals surface area contributed by atoms with Gasteiger partial charge in [0.15, 0.2) is 0 Å². The number of hydrogen-bond donors (Lipinski definition) is 0. The van der Waals surface area contributed by atoms with Crippen molar-refractivity contribution in [2.45, 2.75) is 25.0 Å². The van der Waals surface area contributed by atoms with Gasteiger partial charge in [-0.05, 0) is 6.92 Å². The molecule has 12 heteroatoms. The molecule has 0 bridgehead atoms. The van der Waals surface area contributed by atoms with Crippen molar-refractivity contribution in [3.8, 4) is 0 Å². The molecule has 0 amide bonds. The van der Waals surface area contributed by atoms with Crippen molar-refractivity contribution in [2.75, 3.05) is 6.54 Å². The predicted octanol–water partition coefficient (Wildman–Crippen LogP) is 2.40. The molecule has 0 aliphatic carbocycles. The van der Waals surface area contributed by atoms with E-state index in [9.17, 15) is 35.9 Å². The minimum atomic E-state index is -2.80. The lowest BCUT2D eigenvalue weighted by molar-refractivity contribution is -0.307. The molecule has 0 N–H and O–H groups in total. The summed E-state index contributed by atoms with van der Waals surface area (Å²) in [6.45, 7) is -1.33. The SMILES string of the molecule is CC(C(C(CN(F)F)N(F)F)N(F)F)N(F)F. The molecule has 0 aromatic heterocycles. The Kier molecular flexibility index (Phi) is 6.59. The van der Waals surface area contributed by atoms with Crippen LogP contribution < -0.4 is 0 Å². The van der Waals surface area contributed by atoms with E-state index in [2.05, 4.69) is 0 Å². The molecular formula is C5H8F8N4. The molecule has 0 aliphatic rings. The highest BCUT2D eigenvalue weighted by Gasteiger charge is 2.43. The van der Waals surface area contributed by atoms with Crippen LogP contribution in [0.1, 0.15) is 6.92 Å². The van der Waals surface area contributed by atoms with Crippen molar-refractivity contribution in [1.82, 2.24) is 21.4 Å². The van der Waals surface area contributed by atoms with Crippen LogP contribution in [0.2, 0.25) is 0 Å². The molecule has 3 atom stereocenters. The Morgan fingerprint density at radius 1 is 0.765 bits per heavy atom. The summed E-state index contributed by atoms with van der Waals surface area (Å²) in [7, 11) is 0. The van der Waals surface area contributed by atoms with Crippen molar-refractivity contribution in [2.24, 2.45) is 0 Å². The first-order chi connectivity index (χ1) is 7.68. The fraction of sp³-hybridized carbons (Fsp3) is 1.00. The summed E-state index contributed by atoms with van der Waals surface area (Å²) in [4.78, 5) is 0. The van der Waals surface area contributed by atoms with E-state index >= 15 is 0 Å². The molecule has 0 fully saturated rings. The van der Waals surface area contributed by atoms with Gasteiger partial charge in [0, 0.05) is 21.4 Å². The van der Waals surface area contributed by atoms with E-state index in [1.165, 1.54) is 0 Å². The van der Waals surface area contributed by atoms with Gasteiger partial charge < -0.3 is 0 Å². The molecule has 0 heterocycles. The van der Waals surface area contributed by atoms with Crippen LogP contribution in [-0.2, 0) is 0 Å². The lowest BCUT2D eigenvalue weighted by Gasteiger charge is -2.30. The van der Waals surface area contributed by atoms with Gasteiger partial charge in [0.25, 0.3) is 0 Å². The Balaban J connectivity index is 4.96. The maximum absolute atomic E-state index is 12.2. The lowest BCUT2D eigenvalue weighted by atomic mass is 10.0. The first-order valence-electron chi connectivity index (χ1n) is 4.10. The molecule has 0 spiro atoms. The molecule has 0 aromatic rings. The molecule has 0 saturated heterocycles. The van der Waals surface area contributed by atoms with E-state index in [4.69, 9.17) is 0 Å². The highest BCUT2D eigenvalue weighted by atomic mass is 19.4. The fourth-order valence-electron chi connectivity index (χ4n) is 1.16. The topological polar surface area (TPSA) is 13.0 Å². The van der Waals surface area contributed by atoms with Crippen molar-refractivity contribution in [1.29, 1.82) is 0 Å². The van der Waals surface area contributed by atoms with Crippen LogP contribution in [0.15, 0.2) is 0 Å². The van der Waals surface area contributed by atoms with Gasteiger partial charge in [-0.25, -0.2) is 0 Å². The van der Waals surface area contributed by atoms with Crippen molar-refractivity contribution in [3.05, 3.63) is 0 Å².